The second kappa shape index (κ2) is 8.11. The van der Waals surface area contributed by atoms with Crippen LogP contribution >= 0.6 is 0 Å². The van der Waals surface area contributed by atoms with Gasteiger partial charge in [-0.3, -0.25) is 0 Å². The third kappa shape index (κ3) is 4.43. The minimum atomic E-state index is -0.392. The van der Waals surface area contributed by atoms with Gasteiger partial charge in [0, 0.05) is 0 Å². The molecule has 0 aliphatic heterocycles. The zero-order valence-electron chi connectivity index (χ0n) is 13.9. The number of hydrogen-bond donors (Lipinski definition) is 2. The van der Waals surface area contributed by atoms with E-state index in [-0.39, 0.29) is 0 Å². The minimum Gasteiger partial charge on any atom is -0.388 e. The van der Waals surface area contributed by atoms with Crippen molar-refractivity contribution in [2.75, 3.05) is 13.6 Å². The van der Waals surface area contributed by atoms with E-state index >= 15 is 0 Å². The first-order valence-corrected chi connectivity index (χ1v) is 8.24. The second-order valence-electron chi connectivity index (χ2n) is 6.36. The number of hydrogen-bond acceptors (Lipinski definition) is 1. The Bertz CT molecular complexity index is 565. The highest BCUT2D eigenvalue weighted by molar-refractivity contribution is 5.67. The van der Waals surface area contributed by atoms with Gasteiger partial charge in [-0.2, -0.15) is 0 Å². The van der Waals surface area contributed by atoms with Gasteiger partial charge in [0.15, 0.2) is 0 Å². The number of quaternary nitrogens is 1. The summed E-state index contributed by atoms with van der Waals surface area (Å²) in [6, 6.07) is 19.1. The molecule has 0 saturated carbocycles. The van der Waals surface area contributed by atoms with Crippen molar-refractivity contribution >= 4 is 0 Å². The van der Waals surface area contributed by atoms with Gasteiger partial charge in [-0.15, -0.1) is 0 Å². The monoisotopic (exact) mass is 298 g/mol. The van der Waals surface area contributed by atoms with Crippen LogP contribution in [0.25, 0.3) is 11.1 Å². The van der Waals surface area contributed by atoms with E-state index in [1.54, 1.807) is 0 Å². The van der Waals surface area contributed by atoms with Crippen molar-refractivity contribution in [3.05, 3.63) is 60.2 Å². The molecule has 0 heterocycles. The van der Waals surface area contributed by atoms with Crippen LogP contribution in [0, 0.1) is 0 Å². The van der Waals surface area contributed by atoms with E-state index in [4.69, 9.17) is 0 Å². The summed E-state index contributed by atoms with van der Waals surface area (Å²) in [6.07, 6.45) is 1.46. The highest BCUT2D eigenvalue weighted by Crippen LogP contribution is 2.29. The van der Waals surface area contributed by atoms with E-state index in [0.29, 0.717) is 6.04 Å². The third-order valence-corrected chi connectivity index (χ3v) is 4.44. The van der Waals surface area contributed by atoms with Crippen molar-refractivity contribution in [1.82, 2.24) is 0 Å². The van der Waals surface area contributed by atoms with Gasteiger partial charge in [-0.1, -0.05) is 54.6 Å². The van der Waals surface area contributed by atoms with E-state index in [1.807, 2.05) is 36.4 Å². The average Bonchev–Trinajstić information content (AvgIpc) is 2.55. The summed E-state index contributed by atoms with van der Waals surface area (Å²) >= 11 is 0. The lowest BCUT2D eigenvalue weighted by molar-refractivity contribution is -0.902. The molecule has 0 spiro atoms. The SMILES string of the molecule is CC(C)[NH+](C)CCCC(O)c1ccccc1-c1ccccc1. The highest BCUT2D eigenvalue weighted by Gasteiger charge is 2.14. The van der Waals surface area contributed by atoms with Crippen LogP contribution in [0.2, 0.25) is 0 Å². The van der Waals surface area contributed by atoms with Crippen LogP contribution in [0.15, 0.2) is 54.6 Å². The number of aliphatic hydroxyl groups excluding tert-OH is 1. The molecule has 2 atom stereocenters. The van der Waals surface area contributed by atoms with Crippen LogP contribution in [0.1, 0.15) is 38.4 Å². The van der Waals surface area contributed by atoms with Crippen molar-refractivity contribution < 1.29 is 10.0 Å². The van der Waals surface area contributed by atoms with Gasteiger partial charge in [0.1, 0.15) is 0 Å². The summed E-state index contributed by atoms with van der Waals surface area (Å²) in [7, 11) is 2.22. The fourth-order valence-corrected chi connectivity index (χ4v) is 2.69. The molecular formula is C20H28NO+. The van der Waals surface area contributed by atoms with Gasteiger partial charge < -0.3 is 10.0 Å². The predicted molar refractivity (Wildman–Crippen MR) is 93.0 cm³/mol. The number of rotatable bonds is 7. The summed E-state index contributed by atoms with van der Waals surface area (Å²) < 4.78 is 0. The van der Waals surface area contributed by atoms with Gasteiger partial charge in [0.2, 0.25) is 0 Å². The molecule has 2 heteroatoms. The lowest BCUT2D eigenvalue weighted by Crippen LogP contribution is -3.12. The lowest BCUT2D eigenvalue weighted by atomic mass is 9.94. The van der Waals surface area contributed by atoms with E-state index in [1.165, 1.54) is 10.5 Å². The summed E-state index contributed by atoms with van der Waals surface area (Å²) in [6.45, 7) is 5.56. The Kier molecular flexibility index (Phi) is 6.17. The van der Waals surface area contributed by atoms with E-state index < -0.39 is 6.10 Å². The molecule has 0 radical (unpaired) electrons. The Morgan fingerprint density at radius 3 is 2.27 bits per heavy atom. The Balaban J connectivity index is 2.06. The van der Waals surface area contributed by atoms with Gasteiger partial charge in [0.25, 0.3) is 0 Å². The quantitative estimate of drug-likeness (QED) is 0.807. The molecule has 118 valence electrons. The Morgan fingerprint density at radius 2 is 1.59 bits per heavy atom. The lowest BCUT2D eigenvalue weighted by Gasteiger charge is -2.20. The zero-order valence-corrected chi connectivity index (χ0v) is 13.9. The van der Waals surface area contributed by atoms with Crippen LogP contribution in [0.4, 0.5) is 0 Å². The second-order valence-corrected chi connectivity index (χ2v) is 6.36. The first-order chi connectivity index (χ1) is 10.6. The van der Waals surface area contributed by atoms with Crippen molar-refractivity contribution in [2.45, 2.75) is 38.8 Å². The van der Waals surface area contributed by atoms with Crippen LogP contribution < -0.4 is 4.90 Å². The zero-order chi connectivity index (χ0) is 15.9. The molecule has 2 nitrogen and oxygen atoms in total. The van der Waals surface area contributed by atoms with Gasteiger partial charge in [-0.05, 0) is 43.4 Å². The normalized spacial score (nSPS) is 14.0. The van der Waals surface area contributed by atoms with Crippen LogP contribution in [0.3, 0.4) is 0 Å². The first-order valence-electron chi connectivity index (χ1n) is 8.24. The Morgan fingerprint density at radius 1 is 0.955 bits per heavy atom. The molecule has 2 N–H and O–H groups in total. The van der Waals surface area contributed by atoms with Gasteiger partial charge in [-0.25, -0.2) is 0 Å². The van der Waals surface area contributed by atoms with Crippen LogP contribution in [0.5, 0.6) is 0 Å². The van der Waals surface area contributed by atoms with Gasteiger partial charge in [0.05, 0.1) is 25.7 Å². The smallest absolute Gasteiger partial charge is 0.0815 e. The molecule has 2 aromatic rings. The Labute approximate surface area is 134 Å². The van der Waals surface area contributed by atoms with E-state index in [9.17, 15) is 5.11 Å². The van der Waals surface area contributed by atoms with E-state index in [0.717, 1.165) is 30.5 Å². The van der Waals surface area contributed by atoms with Crippen LogP contribution in [-0.4, -0.2) is 24.7 Å². The topological polar surface area (TPSA) is 24.7 Å². The number of aliphatic hydroxyl groups is 1. The molecule has 0 aromatic heterocycles. The molecular weight excluding hydrogens is 270 g/mol. The maximum atomic E-state index is 10.6. The maximum Gasteiger partial charge on any atom is 0.0815 e. The fourth-order valence-electron chi connectivity index (χ4n) is 2.69. The standard InChI is InChI=1S/C20H27NO/c1-16(2)21(3)15-9-14-20(22)19-13-8-7-12-18(19)17-10-5-4-6-11-17/h4-8,10-13,16,20,22H,9,14-15H2,1-3H3/p+1. The molecule has 0 amide bonds. The average molecular weight is 298 g/mol. The van der Waals surface area contributed by atoms with Crippen LogP contribution in [-0.2, 0) is 0 Å². The maximum absolute atomic E-state index is 10.6. The number of nitrogens with one attached hydrogen (secondary N) is 1. The largest absolute Gasteiger partial charge is 0.388 e. The highest BCUT2D eigenvalue weighted by atomic mass is 16.3. The van der Waals surface area contributed by atoms with Crippen molar-refractivity contribution in [2.24, 2.45) is 0 Å². The molecule has 0 bridgehead atoms. The first kappa shape index (κ1) is 16.7. The third-order valence-electron chi connectivity index (χ3n) is 4.44. The molecule has 0 aliphatic carbocycles. The molecule has 0 fully saturated rings. The summed E-state index contributed by atoms with van der Waals surface area (Å²) in [4.78, 5) is 1.52. The van der Waals surface area contributed by atoms with Crippen molar-refractivity contribution in [3.63, 3.8) is 0 Å². The fraction of sp³-hybridized carbons (Fsp3) is 0.400. The molecule has 0 aliphatic rings. The van der Waals surface area contributed by atoms with Crippen molar-refractivity contribution in [3.8, 4) is 11.1 Å². The van der Waals surface area contributed by atoms with Gasteiger partial charge >= 0.3 is 0 Å². The minimum absolute atomic E-state index is 0.392. The van der Waals surface area contributed by atoms with Crippen molar-refractivity contribution in [1.29, 1.82) is 0 Å². The Hall–Kier alpha value is -1.64. The molecule has 2 rings (SSSR count). The summed E-state index contributed by atoms with van der Waals surface area (Å²) in [5.41, 5.74) is 3.35. The number of benzene rings is 2. The van der Waals surface area contributed by atoms with E-state index in [2.05, 4.69) is 39.1 Å². The molecule has 2 unspecified atom stereocenters. The molecule has 0 saturated heterocycles. The summed E-state index contributed by atoms with van der Waals surface area (Å²) in [5, 5.41) is 10.6. The summed E-state index contributed by atoms with van der Waals surface area (Å²) in [5.74, 6) is 0. The molecule has 2 aromatic carbocycles. The molecule has 22 heavy (non-hydrogen) atoms. The predicted octanol–water partition coefficient (Wildman–Crippen LogP) is 3.09.